The average Bonchev–Trinajstić information content (AvgIpc) is 2.33. The van der Waals surface area contributed by atoms with Crippen molar-refractivity contribution >= 4 is 31.3 Å². The molecule has 0 fully saturated rings. The summed E-state index contributed by atoms with van der Waals surface area (Å²) in [5, 5.41) is 2.78. The predicted molar refractivity (Wildman–Crippen MR) is 85.6 cm³/mol. The van der Waals surface area contributed by atoms with E-state index in [1.165, 1.54) is 6.07 Å². The van der Waals surface area contributed by atoms with Gasteiger partial charge in [0.05, 0.1) is 5.69 Å². The van der Waals surface area contributed by atoms with E-state index >= 15 is 0 Å². The topological polar surface area (TPSA) is 66.5 Å². The van der Waals surface area contributed by atoms with Crippen molar-refractivity contribution in [1.82, 2.24) is 5.32 Å². The number of anilines is 1. The van der Waals surface area contributed by atoms with Crippen LogP contribution in [0.15, 0.2) is 23.1 Å². The van der Waals surface area contributed by atoms with Crippen LogP contribution >= 0.6 is 10.7 Å². The van der Waals surface area contributed by atoms with Crippen molar-refractivity contribution in [1.29, 1.82) is 0 Å². The first-order valence-corrected chi connectivity index (χ1v) is 8.77. The molecule has 0 heterocycles. The summed E-state index contributed by atoms with van der Waals surface area (Å²) >= 11 is 0. The molecule has 0 spiro atoms. The van der Waals surface area contributed by atoms with Gasteiger partial charge in [0.15, 0.2) is 0 Å². The van der Waals surface area contributed by atoms with E-state index in [0.717, 1.165) is 0 Å². The molecule has 1 rings (SSSR count). The molecule has 0 saturated carbocycles. The van der Waals surface area contributed by atoms with Gasteiger partial charge in [-0.25, -0.2) is 8.42 Å². The zero-order chi connectivity index (χ0) is 16.4. The van der Waals surface area contributed by atoms with Crippen LogP contribution in [0.2, 0.25) is 0 Å². The van der Waals surface area contributed by atoms with Crippen molar-refractivity contribution in [2.24, 2.45) is 5.41 Å². The Hall–Kier alpha value is -1.27. The van der Waals surface area contributed by atoms with Crippen molar-refractivity contribution in [3.8, 4) is 0 Å². The molecule has 0 unspecified atom stereocenters. The number of nitrogens with zero attached hydrogens (tertiary/aromatic N) is 1. The van der Waals surface area contributed by atoms with E-state index in [9.17, 15) is 13.2 Å². The second-order valence-electron chi connectivity index (χ2n) is 6.26. The average molecular weight is 333 g/mol. The van der Waals surface area contributed by atoms with Crippen LogP contribution in [0.1, 0.15) is 31.1 Å². The molecule has 0 aliphatic heterocycles. The Morgan fingerprint density at radius 3 is 2.29 bits per heavy atom. The van der Waals surface area contributed by atoms with Crippen LogP contribution in [0.3, 0.4) is 0 Å². The number of hydrogen-bond donors (Lipinski definition) is 1. The molecule has 118 valence electrons. The summed E-state index contributed by atoms with van der Waals surface area (Å²) in [6, 6.07) is 4.45. The summed E-state index contributed by atoms with van der Waals surface area (Å²) in [5.74, 6) is -0.322. The van der Waals surface area contributed by atoms with E-state index in [-0.39, 0.29) is 21.8 Å². The van der Waals surface area contributed by atoms with E-state index < -0.39 is 9.05 Å². The molecule has 0 radical (unpaired) electrons. The van der Waals surface area contributed by atoms with E-state index in [1.807, 2.05) is 20.8 Å². The monoisotopic (exact) mass is 332 g/mol. The minimum absolute atomic E-state index is 0.0549. The molecule has 1 N–H and O–H groups in total. The Labute approximate surface area is 130 Å². The molecule has 7 heteroatoms. The van der Waals surface area contributed by atoms with Crippen molar-refractivity contribution in [3.63, 3.8) is 0 Å². The van der Waals surface area contributed by atoms with Gasteiger partial charge in [0.2, 0.25) is 0 Å². The Morgan fingerprint density at radius 1 is 1.29 bits per heavy atom. The Bertz CT molecular complexity index is 634. The number of amides is 1. The van der Waals surface area contributed by atoms with Crippen molar-refractivity contribution in [2.45, 2.75) is 25.7 Å². The second-order valence-corrected chi connectivity index (χ2v) is 8.79. The van der Waals surface area contributed by atoms with Crippen LogP contribution in [0.4, 0.5) is 5.69 Å². The van der Waals surface area contributed by atoms with E-state index in [4.69, 9.17) is 10.7 Å². The van der Waals surface area contributed by atoms with Gasteiger partial charge in [-0.15, -0.1) is 0 Å². The summed E-state index contributed by atoms with van der Waals surface area (Å²) in [6.07, 6.45) is 0. The summed E-state index contributed by atoms with van der Waals surface area (Å²) in [5.41, 5.74) is 0.655. The van der Waals surface area contributed by atoms with Gasteiger partial charge in [-0.3, -0.25) is 4.79 Å². The van der Waals surface area contributed by atoms with Crippen molar-refractivity contribution < 1.29 is 13.2 Å². The SMILES string of the molecule is CN(C)c1ccc(C(=O)NCC(C)(C)C)cc1S(=O)(=O)Cl. The number of carbonyl (C=O) groups is 1. The largest absolute Gasteiger partial charge is 0.377 e. The molecule has 0 saturated heterocycles. The molecule has 1 aromatic carbocycles. The molecule has 5 nitrogen and oxygen atoms in total. The van der Waals surface area contributed by atoms with Gasteiger partial charge in [0.25, 0.3) is 15.0 Å². The summed E-state index contributed by atoms with van der Waals surface area (Å²) in [7, 11) is 4.94. The molecule has 1 amide bonds. The highest BCUT2D eigenvalue weighted by Crippen LogP contribution is 2.28. The number of benzene rings is 1. The first kappa shape index (κ1) is 17.8. The van der Waals surface area contributed by atoms with E-state index in [2.05, 4.69) is 5.32 Å². The number of rotatable bonds is 4. The fourth-order valence-corrected chi connectivity index (χ4v) is 2.81. The van der Waals surface area contributed by atoms with Crippen LogP contribution in [0.25, 0.3) is 0 Å². The smallest absolute Gasteiger partial charge is 0.263 e. The maximum Gasteiger partial charge on any atom is 0.263 e. The Balaban J connectivity index is 3.15. The molecule has 0 aliphatic carbocycles. The first-order valence-electron chi connectivity index (χ1n) is 6.46. The van der Waals surface area contributed by atoms with Crippen molar-refractivity contribution in [2.75, 3.05) is 25.5 Å². The summed E-state index contributed by atoms with van der Waals surface area (Å²) in [6.45, 7) is 6.48. The molecular weight excluding hydrogens is 312 g/mol. The lowest BCUT2D eigenvalue weighted by Gasteiger charge is -2.20. The third-order valence-electron chi connectivity index (χ3n) is 2.75. The van der Waals surface area contributed by atoms with Gasteiger partial charge < -0.3 is 10.2 Å². The molecular formula is C14H21ClN2O3S. The van der Waals surface area contributed by atoms with Gasteiger partial charge in [-0.05, 0) is 23.6 Å². The minimum atomic E-state index is -3.93. The maximum atomic E-state index is 12.1. The highest BCUT2D eigenvalue weighted by molar-refractivity contribution is 8.13. The van der Waals surface area contributed by atoms with E-state index in [1.54, 1.807) is 31.1 Å². The fraction of sp³-hybridized carbons (Fsp3) is 0.500. The predicted octanol–water partition coefficient (Wildman–Crippen LogP) is 2.46. The Morgan fingerprint density at radius 2 is 1.86 bits per heavy atom. The number of carbonyl (C=O) groups excluding carboxylic acids is 1. The molecule has 0 atom stereocenters. The Kier molecular flexibility index (Phi) is 5.28. The summed E-state index contributed by atoms with van der Waals surface area (Å²) in [4.78, 5) is 13.6. The normalized spacial score (nSPS) is 12.1. The van der Waals surface area contributed by atoms with Crippen LogP contribution in [0.5, 0.6) is 0 Å². The van der Waals surface area contributed by atoms with Crippen LogP contribution in [0, 0.1) is 5.41 Å². The van der Waals surface area contributed by atoms with Gasteiger partial charge in [-0.1, -0.05) is 20.8 Å². The van der Waals surface area contributed by atoms with Gasteiger partial charge in [-0.2, -0.15) is 0 Å². The number of hydrogen-bond acceptors (Lipinski definition) is 4. The van der Waals surface area contributed by atoms with Crippen LogP contribution < -0.4 is 10.2 Å². The first-order chi connectivity index (χ1) is 9.42. The number of halogens is 1. The second kappa shape index (κ2) is 6.23. The van der Waals surface area contributed by atoms with Crippen molar-refractivity contribution in [3.05, 3.63) is 23.8 Å². The minimum Gasteiger partial charge on any atom is -0.377 e. The zero-order valence-corrected chi connectivity index (χ0v) is 14.5. The lowest BCUT2D eigenvalue weighted by molar-refractivity contribution is 0.0939. The van der Waals surface area contributed by atoms with Gasteiger partial charge >= 0.3 is 0 Å². The maximum absolute atomic E-state index is 12.1. The fourth-order valence-electron chi connectivity index (χ4n) is 1.67. The molecule has 1 aromatic rings. The summed E-state index contributed by atoms with van der Waals surface area (Å²) < 4.78 is 23.3. The highest BCUT2D eigenvalue weighted by atomic mass is 35.7. The quantitative estimate of drug-likeness (QED) is 0.860. The molecule has 21 heavy (non-hydrogen) atoms. The third kappa shape index (κ3) is 5.21. The molecule has 0 bridgehead atoms. The van der Waals surface area contributed by atoms with Gasteiger partial charge in [0, 0.05) is 36.9 Å². The third-order valence-corrected chi connectivity index (χ3v) is 4.10. The van der Waals surface area contributed by atoms with E-state index in [0.29, 0.717) is 12.2 Å². The van der Waals surface area contributed by atoms with Gasteiger partial charge in [0.1, 0.15) is 4.90 Å². The molecule has 0 aromatic heterocycles. The highest BCUT2D eigenvalue weighted by Gasteiger charge is 2.20. The van der Waals surface area contributed by atoms with Crippen LogP contribution in [-0.2, 0) is 9.05 Å². The molecule has 0 aliphatic rings. The lowest BCUT2D eigenvalue weighted by Crippen LogP contribution is -2.32. The standard InChI is InChI=1S/C14H21ClN2O3S/c1-14(2,3)9-16-13(18)10-6-7-11(17(4)5)12(8-10)21(15,19)20/h6-8H,9H2,1-5H3,(H,16,18). The number of nitrogens with one attached hydrogen (secondary N) is 1. The zero-order valence-electron chi connectivity index (χ0n) is 12.9. The van der Waals surface area contributed by atoms with Crippen LogP contribution in [-0.4, -0.2) is 35.0 Å². The lowest BCUT2D eigenvalue weighted by atomic mass is 9.97.